The minimum Gasteiger partial charge on any atom is -0.394 e. The highest BCUT2D eigenvalue weighted by Gasteiger charge is 2.33. The summed E-state index contributed by atoms with van der Waals surface area (Å²) in [5, 5.41) is 22.1. The number of nitrogens with zero attached hydrogens (tertiary/aromatic N) is 2. The number of likely N-dealkylation sites (tertiary alicyclic amines) is 1. The molecule has 1 heterocycles. The third kappa shape index (κ3) is 4.90. The van der Waals surface area contributed by atoms with E-state index in [4.69, 9.17) is 0 Å². The van der Waals surface area contributed by atoms with Crippen molar-refractivity contribution < 1.29 is 15.0 Å². The fourth-order valence-electron chi connectivity index (χ4n) is 3.70. The Bertz CT molecular complexity index is 792. The summed E-state index contributed by atoms with van der Waals surface area (Å²) in [6, 6.07) is 15.9. The molecule has 1 fully saturated rings. The van der Waals surface area contributed by atoms with Crippen LogP contribution in [0.1, 0.15) is 17.5 Å². The van der Waals surface area contributed by atoms with Crippen molar-refractivity contribution in [1.29, 1.82) is 0 Å². The Morgan fingerprint density at radius 3 is 2.57 bits per heavy atom. The van der Waals surface area contributed by atoms with Crippen molar-refractivity contribution >= 4 is 6.03 Å². The van der Waals surface area contributed by atoms with Crippen molar-refractivity contribution in [2.24, 2.45) is 0 Å². The van der Waals surface area contributed by atoms with Crippen molar-refractivity contribution in [2.45, 2.75) is 31.7 Å². The highest BCUT2D eigenvalue weighted by atomic mass is 16.3. The lowest BCUT2D eigenvalue weighted by atomic mass is 9.98. The van der Waals surface area contributed by atoms with Crippen LogP contribution in [0, 0.1) is 0 Å². The van der Waals surface area contributed by atoms with E-state index in [2.05, 4.69) is 40.5 Å². The lowest BCUT2D eigenvalue weighted by molar-refractivity contribution is 0.154. The molecule has 2 aromatic carbocycles. The number of nitrogens with one attached hydrogen (secondary N) is 1. The number of aliphatic hydroxyl groups excluding tert-OH is 2. The summed E-state index contributed by atoms with van der Waals surface area (Å²) in [6.07, 6.45) is -0.157. The Kier molecular flexibility index (Phi) is 6.67. The number of aliphatic hydroxyl groups is 2. The van der Waals surface area contributed by atoms with Gasteiger partial charge in [0.05, 0.1) is 18.8 Å². The molecule has 6 nitrogen and oxygen atoms in total. The van der Waals surface area contributed by atoms with E-state index in [0.717, 1.165) is 23.2 Å². The van der Waals surface area contributed by atoms with Crippen molar-refractivity contribution in [3.63, 3.8) is 0 Å². The monoisotopic (exact) mass is 383 g/mol. The van der Waals surface area contributed by atoms with Crippen molar-refractivity contribution in [1.82, 2.24) is 15.1 Å². The van der Waals surface area contributed by atoms with Crippen LogP contribution in [0.4, 0.5) is 4.79 Å². The lowest BCUT2D eigenvalue weighted by Gasteiger charge is -2.23. The molecule has 2 amide bonds. The van der Waals surface area contributed by atoms with Crippen molar-refractivity contribution in [3.8, 4) is 11.1 Å². The average molecular weight is 383 g/mol. The molecule has 0 aromatic heterocycles. The first-order valence-corrected chi connectivity index (χ1v) is 9.63. The third-order valence-electron chi connectivity index (χ3n) is 5.08. The van der Waals surface area contributed by atoms with Gasteiger partial charge in [0.15, 0.2) is 0 Å². The third-order valence-corrected chi connectivity index (χ3v) is 5.08. The molecule has 1 saturated heterocycles. The Hall–Kier alpha value is -2.41. The molecule has 1 aliphatic rings. The number of hydrogen-bond donors (Lipinski definition) is 3. The SMILES string of the molecule is CN(C)Cc1ccc(-c2ccccc2CNC(=O)N2C[C@@H](O)C[C@H]2CO)cc1. The minimum atomic E-state index is -0.573. The maximum atomic E-state index is 12.5. The number of hydrogen-bond acceptors (Lipinski definition) is 4. The first-order valence-electron chi connectivity index (χ1n) is 9.63. The number of β-amino-alcohol motifs (C(OH)–C–C–N with tert-alkyl or cyclic N) is 1. The largest absolute Gasteiger partial charge is 0.394 e. The minimum absolute atomic E-state index is 0.139. The molecule has 0 aliphatic carbocycles. The summed E-state index contributed by atoms with van der Waals surface area (Å²) in [5.41, 5.74) is 4.47. The van der Waals surface area contributed by atoms with Gasteiger partial charge in [0, 0.05) is 19.6 Å². The zero-order valence-corrected chi connectivity index (χ0v) is 16.5. The van der Waals surface area contributed by atoms with Gasteiger partial charge in [-0.15, -0.1) is 0 Å². The number of rotatable bonds is 6. The summed E-state index contributed by atoms with van der Waals surface area (Å²) in [6.45, 7) is 1.40. The number of benzene rings is 2. The van der Waals surface area contributed by atoms with Crippen LogP contribution in [0.2, 0.25) is 0 Å². The summed E-state index contributed by atoms with van der Waals surface area (Å²) >= 11 is 0. The second-order valence-corrected chi connectivity index (χ2v) is 7.63. The molecule has 0 unspecified atom stereocenters. The first kappa shape index (κ1) is 20.3. The maximum absolute atomic E-state index is 12.5. The Morgan fingerprint density at radius 2 is 1.89 bits per heavy atom. The van der Waals surface area contributed by atoms with E-state index in [1.54, 1.807) is 0 Å². The predicted octanol–water partition coefficient (Wildman–Crippen LogP) is 2.05. The van der Waals surface area contributed by atoms with Crippen molar-refractivity contribution in [2.75, 3.05) is 27.2 Å². The van der Waals surface area contributed by atoms with E-state index in [9.17, 15) is 15.0 Å². The van der Waals surface area contributed by atoms with Crippen LogP contribution < -0.4 is 5.32 Å². The summed E-state index contributed by atoms with van der Waals surface area (Å²) in [4.78, 5) is 16.2. The van der Waals surface area contributed by atoms with Gasteiger partial charge in [0.25, 0.3) is 0 Å². The average Bonchev–Trinajstić information content (AvgIpc) is 3.07. The Labute approximate surface area is 166 Å². The van der Waals surface area contributed by atoms with Crippen LogP contribution in [0.5, 0.6) is 0 Å². The molecule has 0 spiro atoms. The zero-order chi connectivity index (χ0) is 20.1. The molecular weight excluding hydrogens is 354 g/mol. The topological polar surface area (TPSA) is 76.0 Å². The molecule has 0 bridgehead atoms. The van der Waals surface area contributed by atoms with Gasteiger partial charge in [-0.2, -0.15) is 0 Å². The van der Waals surface area contributed by atoms with E-state index in [-0.39, 0.29) is 25.2 Å². The smallest absolute Gasteiger partial charge is 0.318 e. The van der Waals surface area contributed by atoms with Gasteiger partial charge >= 0.3 is 6.03 Å². The predicted molar refractivity (Wildman–Crippen MR) is 110 cm³/mol. The number of carbonyl (C=O) groups is 1. The standard InChI is InChI=1S/C22H29N3O3/c1-24(2)13-16-7-9-17(10-8-16)21-6-4-3-5-18(21)12-23-22(28)25-14-20(27)11-19(25)15-26/h3-10,19-20,26-27H,11-15H2,1-2H3,(H,23,28)/t19-,20-/m0/s1. The Morgan fingerprint density at radius 1 is 1.18 bits per heavy atom. The second kappa shape index (κ2) is 9.19. The maximum Gasteiger partial charge on any atom is 0.318 e. The zero-order valence-electron chi connectivity index (χ0n) is 16.5. The van der Waals surface area contributed by atoms with E-state index >= 15 is 0 Å². The summed E-state index contributed by atoms with van der Waals surface area (Å²) in [5.74, 6) is 0. The molecule has 0 radical (unpaired) electrons. The fraction of sp³-hybridized carbons (Fsp3) is 0.409. The molecule has 1 aliphatic heterocycles. The Balaban J connectivity index is 1.70. The molecule has 3 rings (SSSR count). The van der Waals surface area contributed by atoms with Crippen molar-refractivity contribution in [3.05, 3.63) is 59.7 Å². The highest BCUT2D eigenvalue weighted by molar-refractivity contribution is 5.76. The van der Waals surface area contributed by atoms with Crippen LogP contribution in [0.15, 0.2) is 48.5 Å². The lowest BCUT2D eigenvalue weighted by Crippen LogP contribution is -2.44. The first-order chi connectivity index (χ1) is 13.5. The van der Waals surface area contributed by atoms with Gasteiger partial charge in [-0.1, -0.05) is 48.5 Å². The van der Waals surface area contributed by atoms with Crippen LogP contribution in [-0.4, -0.2) is 65.4 Å². The van der Waals surface area contributed by atoms with E-state index in [1.807, 2.05) is 32.3 Å². The normalized spacial score (nSPS) is 19.2. The van der Waals surface area contributed by atoms with E-state index < -0.39 is 6.10 Å². The number of amides is 2. The second-order valence-electron chi connectivity index (χ2n) is 7.63. The van der Waals surface area contributed by atoms with Crippen LogP contribution >= 0.6 is 0 Å². The number of carbonyl (C=O) groups excluding carboxylic acids is 1. The van der Waals surface area contributed by atoms with E-state index in [0.29, 0.717) is 13.0 Å². The van der Waals surface area contributed by atoms with Crippen LogP contribution in [0.25, 0.3) is 11.1 Å². The van der Waals surface area contributed by atoms with Crippen LogP contribution in [-0.2, 0) is 13.1 Å². The number of urea groups is 1. The fourth-order valence-corrected chi connectivity index (χ4v) is 3.70. The molecule has 2 aromatic rings. The van der Waals surface area contributed by atoms with Gasteiger partial charge in [0.1, 0.15) is 0 Å². The van der Waals surface area contributed by atoms with E-state index in [1.165, 1.54) is 10.5 Å². The van der Waals surface area contributed by atoms with Gasteiger partial charge in [-0.25, -0.2) is 4.79 Å². The molecule has 0 saturated carbocycles. The molecule has 6 heteroatoms. The molecule has 3 N–H and O–H groups in total. The molecule has 2 atom stereocenters. The molecule has 28 heavy (non-hydrogen) atoms. The van der Waals surface area contributed by atoms with Gasteiger partial charge in [-0.3, -0.25) is 0 Å². The van der Waals surface area contributed by atoms with Crippen LogP contribution in [0.3, 0.4) is 0 Å². The quantitative estimate of drug-likeness (QED) is 0.714. The van der Waals surface area contributed by atoms with Gasteiger partial charge < -0.3 is 25.3 Å². The highest BCUT2D eigenvalue weighted by Crippen LogP contribution is 2.25. The molecular formula is C22H29N3O3. The van der Waals surface area contributed by atoms with Gasteiger partial charge in [0.2, 0.25) is 0 Å². The summed E-state index contributed by atoms with van der Waals surface area (Å²) < 4.78 is 0. The summed E-state index contributed by atoms with van der Waals surface area (Å²) in [7, 11) is 4.10. The molecule has 150 valence electrons. The van der Waals surface area contributed by atoms with Gasteiger partial charge in [-0.05, 0) is 42.8 Å².